The van der Waals surface area contributed by atoms with E-state index < -0.39 is 10.0 Å². The van der Waals surface area contributed by atoms with Gasteiger partial charge in [-0.2, -0.15) is 4.31 Å². The minimum atomic E-state index is -3.65. The summed E-state index contributed by atoms with van der Waals surface area (Å²) in [6.07, 6.45) is 0.968. The fourth-order valence-electron chi connectivity index (χ4n) is 4.51. The van der Waals surface area contributed by atoms with Gasteiger partial charge in [-0.1, -0.05) is 56.3 Å². The van der Waals surface area contributed by atoms with E-state index in [-0.39, 0.29) is 28.5 Å². The Balaban J connectivity index is 1.59. The lowest BCUT2D eigenvalue weighted by Crippen LogP contribution is -2.45. The number of carbonyl (C=O) groups is 2. The van der Waals surface area contributed by atoms with Crippen molar-refractivity contribution in [2.45, 2.75) is 44.6 Å². The van der Waals surface area contributed by atoms with Crippen molar-refractivity contribution in [3.63, 3.8) is 0 Å². The smallest absolute Gasteiger partial charge is 0.243 e. The number of Topliss-reactive ketones (excluding diaryl/α,β-unsaturated/α-hetero) is 1. The number of amides is 1. The van der Waals surface area contributed by atoms with Crippen LogP contribution in [0.15, 0.2) is 59.5 Å². The zero-order valence-electron chi connectivity index (χ0n) is 20.2. The fraction of sp³-hybridized carbons (Fsp3) is 0.462. The third kappa shape index (κ3) is 6.11. The van der Waals surface area contributed by atoms with Gasteiger partial charge < -0.3 is 5.32 Å². The van der Waals surface area contributed by atoms with E-state index in [1.807, 2.05) is 18.2 Å². The molecule has 1 unspecified atom stereocenters. The molecule has 2 aromatic carbocycles. The van der Waals surface area contributed by atoms with E-state index in [0.29, 0.717) is 38.0 Å². The Morgan fingerprint density at radius 2 is 1.59 bits per heavy atom. The molecular weight excluding hydrogens is 450 g/mol. The van der Waals surface area contributed by atoms with E-state index in [9.17, 15) is 18.0 Å². The molecule has 0 radical (unpaired) electrons. The third-order valence-electron chi connectivity index (χ3n) is 6.63. The predicted octanol–water partition coefficient (Wildman–Crippen LogP) is 3.49. The average Bonchev–Trinajstić information content (AvgIpc) is 2.87. The van der Waals surface area contributed by atoms with Gasteiger partial charge >= 0.3 is 0 Å². The van der Waals surface area contributed by atoms with Gasteiger partial charge in [0.15, 0.2) is 5.78 Å². The number of nitrogens with one attached hydrogen (secondary N) is 1. The highest BCUT2D eigenvalue weighted by Crippen LogP contribution is 2.25. The van der Waals surface area contributed by atoms with Crippen LogP contribution in [-0.2, 0) is 14.8 Å². The molecule has 1 aliphatic rings. The van der Waals surface area contributed by atoms with Crippen LogP contribution in [0.4, 0.5) is 0 Å². The van der Waals surface area contributed by atoms with Gasteiger partial charge in [-0.05, 0) is 50.6 Å². The first-order chi connectivity index (χ1) is 16.3. The Bertz CT molecular complexity index is 1060. The van der Waals surface area contributed by atoms with E-state index in [1.54, 1.807) is 0 Å². The molecule has 8 heteroatoms. The van der Waals surface area contributed by atoms with Crippen molar-refractivity contribution in [3.8, 4) is 0 Å². The SMILES string of the molecule is CCN(CC)C(CNC(=O)C1CCN(S(=O)(=O)c2ccc(C(C)=O)cc2)CC1)c1ccccc1. The summed E-state index contributed by atoms with van der Waals surface area (Å²) < 4.78 is 27.4. The number of carbonyl (C=O) groups excluding carboxylic acids is 2. The number of hydrogen-bond acceptors (Lipinski definition) is 5. The first kappa shape index (κ1) is 26.1. The summed E-state index contributed by atoms with van der Waals surface area (Å²) in [7, 11) is -3.65. The van der Waals surface area contributed by atoms with Crippen LogP contribution in [0.2, 0.25) is 0 Å². The Labute approximate surface area is 203 Å². The Morgan fingerprint density at radius 1 is 1.00 bits per heavy atom. The molecule has 34 heavy (non-hydrogen) atoms. The number of piperidine rings is 1. The molecule has 0 aliphatic carbocycles. The molecule has 1 N–H and O–H groups in total. The van der Waals surface area contributed by atoms with E-state index in [1.165, 1.54) is 41.1 Å². The number of nitrogens with zero attached hydrogens (tertiary/aromatic N) is 2. The van der Waals surface area contributed by atoms with Gasteiger partial charge in [0.2, 0.25) is 15.9 Å². The minimum absolute atomic E-state index is 0.0176. The van der Waals surface area contributed by atoms with E-state index in [0.717, 1.165) is 13.1 Å². The van der Waals surface area contributed by atoms with E-state index in [4.69, 9.17) is 0 Å². The molecule has 1 amide bonds. The van der Waals surface area contributed by atoms with Crippen LogP contribution < -0.4 is 5.32 Å². The minimum Gasteiger partial charge on any atom is -0.354 e. The van der Waals surface area contributed by atoms with Gasteiger partial charge in [-0.25, -0.2) is 8.42 Å². The maximum Gasteiger partial charge on any atom is 0.243 e. The number of benzene rings is 2. The largest absolute Gasteiger partial charge is 0.354 e. The van der Waals surface area contributed by atoms with Gasteiger partial charge in [-0.15, -0.1) is 0 Å². The molecule has 2 aromatic rings. The lowest BCUT2D eigenvalue weighted by Gasteiger charge is -2.33. The zero-order chi connectivity index (χ0) is 24.7. The van der Waals surface area contributed by atoms with Crippen molar-refractivity contribution in [1.29, 1.82) is 0 Å². The second kappa shape index (κ2) is 11.7. The summed E-state index contributed by atoms with van der Waals surface area (Å²) in [4.78, 5) is 26.9. The van der Waals surface area contributed by atoms with Crippen molar-refractivity contribution in [2.24, 2.45) is 5.92 Å². The van der Waals surface area contributed by atoms with Crippen molar-refractivity contribution < 1.29 is 18.0 Å². The summed E-state index contributed by atoms with van der Waals surface area (Å²) >= 11 is 0. The highest BCUT2D eigenvalue weighted by Gasteiger charge is 2.32. The average molecular weight is 486 g/mol. The summed E-state index contributed by atoms with van der Waals surface area (Å²) in [5.74, 6) is -0.332. The maximum atomic E-state index is 13.0. The molecule has 0 saturated carbocycles. The first-order valence-corrected chi connectivity index (χ1v) is 13.4. The molecule has 184 valence electrons. The number of hydrogen-bond donors (Lipinski definition) is 1. The fourth-order valence-corrected chi connectivity index (χ4v) is 5.98. The van der Waals surface area contributed by atoms with Gasteiger partial charge in [0.25, 0.3) is 0 Å². The monoisotopic (exact) mass is 485 g/mol. The topological polar surface area (TPSA) is 86.8 Å². The van der Waals surface area contributed by atoms with Gasteiger partial charge in [0.1, 0.15) is 0 Å². The Hall–Kier alpha value is -2.55. The van der Waals surface area contributed by atoms with Crippen molar-refractivity contribution in [3.05, 3.63) is 65.7 Å². The standard InChI is InChI=1S/C26H35N3O4S/c1-4-28(5-2)25(22-9-7-6-8-10-22)19-27-26(31)23-15-17-29(18-16-23)34(32,33)24-13-11-21(12-14-24)20(3)30/h6-14,23,25H,4-5,15-19H2,1-3H3,(H,27,31). The molecule has 3 rings (SSSR count). The molecule has 1 heterocycles. The Kier molecular flexibility index (Phi) is 8.99. The molecule has 1 fully saturated rings. The quantitative estimate of drug-likeness (QED) is 0.521. The van der Waals surface area contributed by atoms with Crippen molar-refractivity contribution in [1.82, 2.24) is 14.5 Å². The molecule has 0 spiro atoms. The number of sulfonamides is 1. The molecule has 1 aliphatic heterocycles. The third-order valence-corrected chi connectivity index (χ3v) is 8.54. The van der Waals surface area contributed by atoms with Crippen LogP contribution in [0.25, 0.3) is 0 Å². The second-order valence-corrected chi connectivity index (χ2v) is 10.6. The van der Waals surface area contributed by atoms with Crippen LogP contribution in [-0.4, -0.2) is 62.0 Å². The van der Waals surface area contributed by atoms with Gasteiger partial charge in [-0.3, -0.25) is 14.5 Å². The lowest BCUT2D eigenvalue weighted by atomic mass is 9.97. The Morgan fingerprint density at radius 3 is 2.12 bits per heavy atom. The van der Waals surface area contributed by atoms with E-state index in [2.05, 4.69) is 36.2 Å². The van der Waals surface area contributed by atoms with Gasteiger partial charge in [0, 0.05) is 31.1 Å². The van der Waals surface area contributed by atoms with Crippen molar-refractivity contribution in [2.75, 3.05) is 32.7 Å². The molecular formula is C26H35N3O4S. The number of likely N-dealkylation sites (N-methyl/N-ethyl adjacent to an activating group) is 1. The van der Waals surface area contributed by atoms with E-state index >= 15 is 0 Å². The van der Waals surface area contributed by atoms with Crippen LogP contribution in [0.3, 0.4) is 0 Å². The second-order valence-electron chi connectivity index (χ2n) is 8.65. The summed E-state index contributed by atoms with van der Waals surface area (Å²) in [5.41, 5.74) is 1.65. The highest BCUT2D eigenvalue weighted by atomic mass is 32.2. The predicted molar refractivity (Wildman–Crippen MR) is 133 cm³/mol. The number of ketones is 1. The van der Waals surface area contributed by atoms with Crippen LogP contribution >= 0.6 is 0 Å². The summed E-state index contributed by atoms with van der Waals surface area (Å²) in [5, 5.41) is 3.12. The molecule has 0 bridgehead atoms. The summed E-state index contributed by atoms with van der Waals surface area (Å²) in [6, 6.07) is 16.3. The number of rotatable bonds is 10. The van der Waals surface area contributed by atoms with Crippen LogP contribution in [0, 0.1) is 5.92 Å². The van der Waals surface area contributed by atoms with Gasteiger partial charge in [0.05, 0.1) is 10.9 Å². The zero-order valence-corrected chi connectivity index (χ0v) is 21.1. The van der Waals surface area contributed by atoms with Crippen molar-refractivity contribution >= 4 is 21.7 Å². The lowest BCUT2D eigenvalue weighted by molar-refractivity contribution is -0.126. The summed E-state index contributed by atoms with van der Waals surface area (Å²) in [6.45, 7) is 8.57. The highest BCUT2D eigenvalue weighted by molar-refractivity contribution is 7.89. The van der Waals surface area contributed by atoms with Crippen LogP contribution in [0.1, 0.15) is 55.6 Å². The maximum absolute atomic E-state index is 13.0. The van der Waals surface area contributed by atoms with Crippen LogP contribution in [0.5, 0.6) is 0 Å². The normalized spacial score (nSPS) is 16.4. The molecule has 1 saturated heterocycles. The molecule has 7 nitrogen and oxygen atoms in total. The molecule has 1 atom stereocenters. The molecule has 0 aromatic heterocycles. The first-order valence-electron chi connectivity index (χ1n) is 12.0.